The third-order valence-corrected chi connectivity index (χ3v) is 1.42. The fourth-order valence-electron chi connectivity index (χ4n) is 0.618. The third kappa shape index (κ3) is 19.2. The Labute approximate surface area is 117 Å². The van der Waals surface area contributed by atoms with Crippen molar-refractivity contribution in [1.29, 1.82) is 0 Å². The molecule has 0 amide bonds. The molecule has 20 heavy (non-hydrogen) atoms. The zero-order valence-corrected chi connectivity index (χ0v) is 12.1. The molecule has 0 saturated heterocycles. The van der Waals surface area contributed by atoms with Gasteiger partial charge in [-0.2, -0.15) is 0 Å². The van der Waals surface area contributed by atoms with Crippen LogP contribution in [0.3, 0.4) is 0 Å². The van der Waals surface area contributed by atoms with Crippen molar-refractivity contribution in [3.63, 3.8) is 0 Å². The standard InChI is InChI=1S/C6H12O6.2C3H6O/c7-1-3(9)5(11)6(12)4(10)2-8;2*1-3(2)4/h1,3-6,8-12H,2H2;2*1-2H3/t3-,4+,5-,6-;;/m0../s1. The summed E-state index contributed by atoms with van der Waals surface area (Å²) in [7, 11) is 0. The van der Waals surface area contributed by atoms with Crippen molar-refractivity contribution in [2.24, 2.45) is 0 Å². The number of rotatable bonds is 5. The first-order chi connectivity index (χ1) is 9.00. The van der Waals surface area contributed by atoms with Crippen LogP contribution in [0.25, 0.3) is 0 Å². The maximum absolute atomic E-state index is 9.90. The van der Waals surface area contributed by atoms with Crippen molar-refractivity contribution in [1.82, 2.24) is 0 Å². The number of carbonyl (C=O) groups is 3. The zero-order chi connectivity index (χ0) is 16.9. The van der Waals surface area contributed by atoms with E-state index in [1.54, 1.807) is 0 Å². The molecule has 0 radical (unpaired) electrons. The zero-order valence-electron chi connectivity index (χ0n) is 12.1. The lowest BCUT2D eigenvalue weighted by atomic mass is 10.0. The number of hydrogen-bond acceptors (Lipinski definition) is 8. The van der Waals surface area contributed by atoms with Crippen molar-refractivity contribution < 1.29 is 39.9 Å². The second kappa shape index (κ2) is 14.2. The molecule has 4 atom stereocenters. The van der Waals surface area contributed by atoms with Crippen molar-refractivity contribution in [3.8, 4) is 0 Å². The van der Waals surface area contributed by atoms with E-state index in [0.29, 0.717) is 0 Å². The monoisotopic (exact) mass is 296 g/mol. The van der Waals surface area contributed by atoms with Gasteiger partial charge in [0.05, 0.1) is 6.61 Å². The SMILES string of the molecule is CC(C)=O.CC(C)=O.O=C[C@H](O)[C@H](O)[C@@H](O)[C@H](O)CO. The summed E-state index contributed by atoms with van der Waals surface area (Å²) in [6, 6.07) is 0. The van der Waals surface area contributed by atoms with Gasteiger partial charge in [-0.05, 0) is 27.7 Å². The molecule has 0 rings (SSSR count). The predicted octanol–water partition coefficient (Wildman–Crippen LogP) is -2.19. The number of hydrogen-bond donors (Lipinski definition) is 5. The Morgan fingerprint density at radius 2 is 1.20 bits per heavy atom. The lowest BCUT2D eigenvalue weighted by Crippen LogP contribution is -2.46. The number of aldehydes is 1. The summed E-state index contributed by atoms with van der Waals surface area (Å²) in [6.07, 6.45) is -6.84. The molecule has 0 heterocycles. The van der Waals surface area contributed by atoms with E-state index in [0.717, 1.165) is 0 Å². The molecule has 8 nitrogen and oxygen atoms in total. The van der Waals surface area contributed by atoms with Gasteiger partial charge >= 0.3 is 0 Å². The van der Waals surface area contributed by atoms with Crippen molar-refractivity contribution in [2.45, 2.75) is 52.1 Å². The lowest BCUT2D eigenvalue weighted by molar-refractivity contribution is -0.136. The number of aliphatic hydroxyl groups excluding tert-OH is 5. The van der Waals surface area contributed by atoms with Crippen molar-refractivity contribution in [3.05, 3.63) is 0 Å². The molecular formula is C12H24O8. The largest absolute Gasteiger partial charge is 0.394 e. The van der Waals surface area contributed by atoms with Gasteiger partial charge in [-0.3, -0.25) is 0 Å². The first kappa shape index (κ1) is 23.9. The molecule has 0 unspecified atom stereocenters. The molecular weight excluding hydrogens is 272 g/mol. The van der Waals surface area contributed by atoms with Crippen LogP contribution in [0.4, 0.5) is 0 Å². The van der Waals surface area contributed by atoms with E-state index in [4.69, 9.17) is 25.5 Å². The van der Waals surface area contributed by atoms with Crippen LogP contribution in [-0.2, 0) is 14.4 Å². The van der Waals surface area contributed by atoms with Gasteiger partial charge in [-0.25, -0.2) is 0 Å². The summed E-state index contributed by atoms with van der Waals surface area (Å²) in [6.45, 7) is 5.35. The van der Waals surface area contributed by atoms with Crippen LogP contribution < -0.4 is 0 Å². The molecule has 0 bridgehead atoms. The average Bonchev–Trinajstić information content (AvgIpc) is 2.33. The molecule has 0 saturated carbocycles. The third-order valence-electron chi connectivity index (χ3n) is 1.42. The second-order valence-electron chi connectivity index (χ2n) is 4.17. The molecule has 0 fully saturated rings. The maximum atomic E-state index is 9.90. The van der Waals surface area contributed by atoms with E-state index in [9.17, 15) is 14.4 Å². The highest BCUT2D eigenvalue weighted by atomic mass is 16.4. The highest BCUT2D eigenvalue weighted by molar-refractivity contribution is 5.72. The number of aliphatic hydroxyl groups is 5. The van der Waals surface area contributed by atoms with E-state index in [1.165, 1.54) is 27.7 Å². The number of Topliss-reactive ketones (excluding diaryl/α,β-unsaturated/α-hetero) is 2. The Morgan fingerprint density at radius 1 is 0.900 bits per heavy atom. The van der Waals surface area contributed by atoms with E-state index < -0.39 is 31.0 Å². The van der Waals surface area contributed by atoms with Gasteiger partial charge in [-0.1, -0.05) is 0 Å². The van der Waals surface area contributed by atoms with Crippen LogP contribution in [0.2, 0.25) is 0 Å². The first-order valence-corrected chi connectivity index (χ1v) is 5.73. The summed E-state index contributed by atoms with van der Waals surface area (Å²) >= 11 is 0. The summed E-state index contributed by atoms with van der Waals surface area (Å²) in [5.41, 5.74) is 0. The second-order valence-corrected chi connectivity index (χ2v) is 4.17. The van der Waals surface area contributed by atoms with Gasteiger partial charge in [0.1, 0.15) is 36.0 Å². The molecule has 0 aliphatic heterocycles. The lowest BCUT2D eigenvalue weighted by Gasteiger charge is -2.22. The first-order valence-electron chi connectivity index (χ1n) is 5.73. The summed E-state index contributed by atoms with van der Waals surface area (Å²) < 4.78 is 0. The van der Waals surface area contributed by atoms with Crippen LogP contribution >= 0.6 is 0 Å². The van der Waals surface area contributed by atoms with Crippen LogP contribution in [0.1, 0.15) is 27.7 Å². The molecule has 120 valence electrons. The quantitative estimate of drug-likeness (QED) is 0.359. The van der Waals surface area contributed by atoms with Gasteiger partial charge < -0.3 is 39.9 Å². The van der Waals surface area contributed by atoms with Crippen LogP contribution in [0.15, 0.2) is 0 Å². The van der Waals surface area contributed by atoms with Crippen LogP contribution in [-0.4, -0.2) is 74.4 Å². The molecule has 0 spiro atoms. The maximum Gasteiger partial charge on any atom is 0.151 e. The molecule has 0 aromatic rings. The molecule has 8 heteroatoms. The molecule has 0 aromatic carbocycles. The summed E-state index contributed by atoms with van der Waals surface area (Å²) in [5, 5.41) is 43.5. The molecule has 5 N–H and O–H groups in total. The smallest absolute Gasteiger partial charge is 0.151 e. The normalized spacial score (nSPS) is 15.2. The topological polar surface area (TPSA) is 152 Å². The Bertz CT molecular complexity index is 259. The minimum Gasteiger partial charge on any atom is -0.394 e. The molecule has 0 aliphatic carbocycles. The number of ketones is 2. The fourth-order valence-corrected chi connectivity index (χ4v) is 0.618. The summed E-state index contributed by atoms with van der Waals surface area (Å²) in [5.74, 6) is 0.333. The number of carbonyl (C=O) groups excluding carboxylic acids is 3. The fraction of sp³-hybridized carbons (Fsp3) is 0.750. The minimum atomic E-state index is -1.79. The van der Waals surface area contributed by atoms with E-state index in [-0.39, 0.29) is 17.9 Å². The van der Waals surface area contributed by atoms with Crippen molar-refractivity contribution in [2.75, 3.05) is 6.61 Å². The van der Waals surface area contributed by atoms with Crippen molar-refractivity contribution >= 4 is 17.9 Å². The highest BCUT2D eigenvalue weighted by Crippen LogP contribution is 2.02. The Morgan fingerprint density at radius 3 is 1.40 bits per heavy atom. The van der Waals surface area contributed by atoms with Gasteiger partial charge in [-0.15, -0.1) is 0 Å². The van der Waals surface area contributed by atoms with E-state index in [1.807, 2.05) is 0 Å². The molecule has 0 aliphatic rings. The Kier molecular flexibility index (Phi) is 17.0. The summed E-state index contributed by atoms with van der Waals surface area (Å²) in [4.78, 5) is 28.8. The van der Waals surface area contributed by atoms with E-state index in [2.05, 4.69) is 0 Å². The average molecular weight is 296 g/mol. The molecule has 0 aromatic heterocycles. The highest BCUT2D eigenvalue weighted by Gasteiger charge is 2.29. The van der Waals surface area contributed by atoms with Gasteiger partial charge in [0.15, 0.2) is 6.29 Å². The minimum absolute atomic E-state index is 0.0258. The van der Waals surface area contributed by atoms with Crippen LogP contribution in [0.5, 0.6) is 0 Å². The Balaban J connectivity index is -0.000000297. The van der Waals surface area contributed by atoms with Gasteiger partial charge in [0, 0.05) is 0 Å². The van der Waals surface area contributed by atoms with Crippen LogP contribution in [0, 0.1) is 0 Å². The predicted molar refractivity (Wildman–Crippen MR) is 69.9 cm³/mol. The van der Waals surface area contributed by atoms with Gasteiger partial charge in [0.2, 0.25) is 0 Å². The Hall–Kier alpha value is -1.19. The van der Waals surface area contributed by atoms with Gasteiger partial charge in [0.25, 0.3) is 0 Å². The van der Waals surface area contributed by atoms with E-state index >= 15 is 0 Å².